The third kappa shape index (κ3) is 2.04. The summed E-state index contributed by atoms with van der Waals surface area (Å²) in [6, 6.07) is 11.9. The Balaban J connectivity index is 2.15. The third-order valence-electron chi connectivity index (χ3n) is 2.83. The first-order chi connectivity index (χ1) is 9.15. The van der Waals surface area contributed by atoms with Gasteiger partial charge in [0.2, 0.25) is 0 Å². The van der Waals surface area contributed by atoms with E-state index in [1.165, 1.54) is 12.1 Å². The number of rotatable bonds is 2. The first kappa shape index (κ1) is 11.7. The van der Waals surface area contributed by atoms with Crippen LogP contribution in [0.1, 0.15) is 0 Å². The first-order valence-corrected chi connectivity index (χ1v) is 5.91. The van der Waals surface area contributed by atoms with E-state index in [4.69, 9.17) is 11.6 Å². The number of hydrogen-bond acceptors (Lipinski definition) is 3. The van der Waals surface area contributed by atoms with Crippen molar-refractivity contribution < 1.29 is 4.92 Å². The number of nitro benzene ring substituents is 1. The molecular weight excluding hydrogens is 266 g/mol. The quantitative estimate of drug-likeness (QED) is 0.529. The number of non-ortho nitro benzene ring substituents is 1. The van der Waals surface area contributed by atoms with Crippen LogP contribution in [0.2, 0.25) is 5.02 Å². The smallest absolute Gasteiger partial charge is 0.258 e. The van der Waals surface area contributed by atoms with Gasteiger partial charge in [-0.25, -0.2) is 4.68 Å². The van der Waals surface area contributed by atoms with Gasteiger partial charge in [0.15, 0.2) is 0 Å². The SMILES string of the molecule is O=[N+]([O-])c1ccc2c(cnn2-c2ccc(Cl)cc2)c1. The Morgan fingerprint density at radius 1 is 1.16 bits per heavy atom. The largest absolute Gasteiger partial charge is 0.270 e. The molecule has 0 N–H and O–H groups in total. The Labute approximate surface area is 113 Å². The second-order valence-electron chi connectivity index (χ2n) is 4.03. The molecular formula is C13H8ClN3O2. The van der Waals surface area contributed by atoms with Gasteiger partial charge in [-0.2, -0.15) is 5.10 Å². The van der Waals surface area contributed by atoms with Crippen LogP contribution in [0.4, 0.5) is 5.69 Å². The number of benzene rings is 2. The zero-order valence-corrected chi connectivity index (χ0v) is 10.4. The highest BCUT2D eigenvalue weighted by atomic mass is 35.5. The van der Waals surface area contributed by atoms with E-state index in [2.05, 4.69) is 5.10 Å². The van der Waals surface area contributed by atoms with Crippen LogP contribution in [0, 0.1) is 10.1 Å². The van der Waals surface area contributed by atoms with Crippen LogP contribution < -0.4 is 0 Å². The fourth-order valence-corrected chi connectivity index (χ4v) is 2.05. The topological polar surface area (TPSA) is 61.0 Å². The van der Waals surface area contributed by atoms with Gasteiger partial charge in [-0.15, -0.1) is 0 Å². The molecule has 0 amide bonds. The zero-order valence-electron chi connectivity index (χ0n) is 9.65. The highest BCUT2D eigenvalue weighted by Crippen LogP contribution is 2.23. The van der Waals surface area contributed by atoms with Crippen molar-refractivity contribution in [3.8, 4) is 5.69 Å². The molecule has 6 heteroatoms. The van der Waals surface area contributed by atoms with E-state index in [1.807, 2.05) is 12.1 Å². The number of nitro groups is 1. The van der Waals surface area contributed by atoms with Crippen LogP contribution in [0.25, 0.3) is 16.6 Å². The van der Waals surface area contributed by atoms with Crippen molar-refractivity contribution in [1.29, 1.82) is 0 Å². The summed E-state index contributed by atoms with van der Waals surface area (Å²) in [7, 11) is 0. The number of fused-ring (bicyclic) bond motifs is 1. The molecule has 0 bridgehead atoms. The molecule has 3 rings (SSSR count). The summed E-state index contributed by atoms with van der Waals surface area (Å²) in [5, 5.41) is 16.3. The molecule has 5 nitrogen and oxygen atoms in total. The summed E-state index contributed by atoms with van der Waals surface area (Å²) in [6.45, 7) is 0. The Bertz CT molecular complexity index is 765. The van der Waals surface area contributed by atoms with Gasteiger partial charge in [-0.05, 0) is 30.3 Å². The molecule has 1 aromatic heterocycles. The van der Waals surface area contributed by atoms with E-state index in [0.29, 0.717) is 5.02 Å². The van der Waals surface area contributed by atoms with Crippen molar-refractivity contribution in [3.05, 3.63) is 63.8 Å². The number of hydrogen-bond donors (Lipinski definition) is 0. The lowest BCUT2D eigenvalue weighted by Gasteiger charge is -2.03. The van der Waals surface area contributed by atoms with Crippen molar-refractivity contribution >= 4 is 28.2 Å². The van der Waals surface area contributed by atoms with Crippen molar-refractivity contribution in [2.45, 2.75) is 0 Å². The molecule has 0 aliphatic heterocycles. The molecule has 0 saturated carbocycles. The Morgan fingerprint density at radius 2 is 1.89 bits per heavy atom. The van der Waals surface area contributed by atoms with E-state index in [9.17, 15) is 10.1 Å². The van der Waals surface area contributed by atoms with Crippen LogP contribution in [-0.2, 0) is 0 Å². The summed E-state index contributed by atoms with van der Waals surface area (Å²) in [5.74, 6) is 0. The molecule has 0 radical (unpaired) electrons. The van der Waals surface area contributed by atoms with Gasteiger partial charge >= 0.3 is 0 Å². The Hall–Kier alpha value is -2.40. The molecule has 94 valence electrons. The zero-order chi connectivity index (χ0) is 13.4. The van der Waals surface area contributed by atoms with Crippen LogP contribution in [-0.4, -0.2) is 14.7 Å². The fraction of sp³-hybridized carbons (Fsp3) is 0. The van der Waals surface area contributed by atoms with Crippen molar-refractivity contribution in [2.24, 2.45) is 0 Å². The number of nitrogens with zero attached hydrogens (tertiary/aromatic N) is 3. The molecule has 0 unspecified atom stereocenters. The van der Waals surface area contributed by atoms with E-state index < -0.39 is 4.92 Å². The summed E-state index contributed by atoms with van der Waals surface area (Å²) >= 11 is 5.84. The van der Waals surface area contributed by atoms with Crippen molar-refractivity contribution in [2.75, 3.05) is 0 Å². The molecule has 0 atom stereocenters. The van der Waals surface area contributed by atoms with E-state index in [1.54, 1.807) is 29.1 Å². The maximum absolute atomic E-state index is 10.7. The van der Waals surface area contributed by atoms with Crippen LogP contribution >= 0.6 is 11.6 Å². The van der Waals surface area contributed by atoms with Gasteiger partial charge in [0.1, 0.15) is 0 Å². The number of aromatic nitrogens is 2. The standard InChI is InChI=1S/C13H8ClN3O2/c14-10-1-3-11(4-2-10)16-13-6-5-12(17(18)19)7-9(13)8-15-16/h1-8H. The normalized spacial score (nSPS) is 10.8. The second-order valence-corrected chi connectivity index (χ2v) is 4.47. The van der Waals surface area contributed by atoms with Crippen LogP contribution in [0.3, 0.4) is 0 Å². The van der Waals surface area contributed by atoms with Gasteiger partial charge in [0, 0.05) is 22.5 Å². The molecule has 0 saturated heterocycles. The second kappa shape index (κ2) is 4.37. The van der Waals surface area contributed by atoms with Gasteiger partial charge in [0.25, 0.3) is 5.69 Å². The minimum Gasteiger partial charge on any atom is -0.258 e. The van der Waals surface area contributed by atoms with Gasteiger partial charge in [-0.3, -0.25) is 10.1 Å². The van der Waals surface area contributed by atoms with Gasteiger partial charge in [-0.1, -0.05) is 11.6 Å². The van der Waals surface area contributed by atoms with Crippen molar-refractivity contribution in [3.63, 3.8) is 0 Å². The maximum Gasteiger partial charge on any atom is 0.270 e. The minimum absolute atomic E-state index is 0.0585. The average molecular weight is 274 g/mol. The molecule has 0 fully saturated rings. The highest BCUT2D eigenvalue weighted by molar-refractivity contribution is 6.30. The van der Waals surface area contributed by atoms with Crippen LogP contribution in [0.15, 0.2) is 48.7 Å². The fourth-order valence-electron chi connectivity index (χ4n) is 1.92. The lowest BCUT2D eigenvalue weighted by atomic mass is 10.2. The lowest BCUT2D eigenvalue weighted by Crippen LogP contribution is -1.95. The molecule has 3 aromatic rings. The number of halogens is 1. The molecule has 0 aliphatic carbocycles. The molecule has 0 aliphatic rings. The average Bonchev–Trinajstić information content (AvgIpc) is 2.82. The first-order valence-electron chi connectivity index (χ1n) is 5.53. The maximum atomic E-state index is 10.7. The monoisotopic (exact) mass is 273 g/mol. The van der Waals surface area contributed by atoms with Gasteiger partial charge in [0.05, 0.1) is 22.3 Å². The lowest BCUT2D eigenvalue weighted by molar-refractivity contribution is -0.384. The summed E-state index contributed by atoms with van der Waals surface area (Å²) in [5.41, 5.74) is 1.73. The van der Waals surface area contributed by atoms with Crippen molar-refractivity contribution in [1.82, 2.24) is 9.78 Å². The van der Waals surface area contributed by atoms with Gasteiger partial charge < -0.3 is 0 Å². The Kier molecular flexibility index (Phi) is 2.68. The van der Waals surface area contributed by atoms with E-state index in [-0.39, 0.29) is 5.69 Å². The molecule has 2 aromatic carbocycles. The predicted molar refractivity (Wildman–Crippen MR) is 72.7 cm³/mol. The summed E-state index contributed by atoms with van der Waals surface area (Å²) in [4.78, 5) is 10.3. The molecule has 19 heavy (non-hydrogen) atoms. The Morgan fingerprint density at radius 3 is 2.58 bits per heavy atom. The van der Waals surface area contributed by atoms with E-state index in [0.717, 1.165) is 16.6 Å². The summed E-state index contributed by atoms with van der Waals surface area (Å²) < 4.78 is 1.72. The third-order valence-corrected chi connectivity index (χ3v) is 3.09. The highest BCUT2D eigenvalue weighted by Gasteiger charge is 2.10. The summed E-state index contributed by atoms with van der Waals surface area (Å²) in [6.07, 6.45) is 1.61. The molecule has 1 heterocycles. The molecule has 0 spiro atoms. The predicted octanol–water partition coefficient (Wildman–Crippen LogP) is 3.59. The van der Waals surface area contributed by atoms with E-state index >= 15 is 0 Å². The van der Waals surface area contributed by atoms with Crippen LogP contribution in [0.5, 0.6) is 0 Å². The minimum atomic E-state index is -0.418.